The van der Waals surface area contributed by atoms with Crippen molar-refractivity contribution in [2.75, 3.05) is 14.2 Å². The van der Waals surface area contributed by atoms with Gasteiger partial charge >= 0.3 is 0 Å². The van der Waals surface area contributed by atoms with Crippen molar-refractivity contribution in [3.8, 4) is 5.75 Å². The first kappa shape index (κ1) is 16.0. The van der Waals surface area contributed by atoms with E-state index in [1.807, 2.05) is 37.4 Å². The summed E-state index contributed by atoms with van der Waals surface area (Å²) in [7, 11) is 3.54. The first-order valence-corrected chi connectivity index (χ1v) is 7.60. The van der Waals surface area contributed by atoms with Crippen molar-refractivity contribution in [1.29, 1.82) is 0 Å². The van der Waals surface area contributed by atoms with Crippen LogP contribution in [0.3, 0.4) is 0 Å². The topological polar surface area (TPSA) is 21.3 Å². The quantitative estimate of drug-likeness (QED) is 0.861. The summed E-state index contributed by atoms with van der Waals surface area (Å²) >= 11 is 3.48. The predicted molar refractivity (Wildman–Crippen MR) is 87.3 cm³/mol. The Balaban J connectivity index is 2.30. The maximum atomic E-state index is 13.8. The van der Waals surface area contributed by atoms with Crippen molar-refractivity contribution in [2.45, 2.75) is 19.4 Å². The molecule has 0 saturated heterocycles. The van der Waals surface area contributed by atoms with Gasteiger partial charge in [-0.15, -0.1) is 0 Å². The van der Waals surface area contributed by atoms with Gasteiger partial charge in [-0.25, -0.2) is 4.39 Å². The number of benzene rings is 2. The van der Waals surface area contributed by atoms with Gasteiger partial charge in [-0.05, 0) is 61.3 Å². The van der Waals surface area contributed by atoms with Gasteiger partial charge < -0.3 is 10.1 Å². The lowest BCUT2D eigenvalue weighted by Gasteiger charge is -2.19. The zero-order valence-electron chi connectivity index (χ0n) is 12.4. The smallest absolute Gasteiger partial charge is 0.126 e. The lowest BCUT2D eigenvalue weighted by molar-refractivity contribution is 0.406. The molecule has 1 atom stereocenters. The molecule has 0 saturated carbocycles. The summed E-state index contributed by atoms with van der Waals surface area (Å²) in [5, 5.41) is 3.25. The molecule has 2 aromatic rings. The highest BCUT2D eigenvalue weighted by Crippen LogP contribution is 2.28. The van der Waals surface area contributed by atoms with Crippen molar-refractivity contribution in [3.05, 3.63) is 63.4 Å². The van der Waals surface area contributed by atoms with E-state index in [4.69, 9.17) is 4.74 Å². The minimum atomic E-state index is -0.172. The number of aryl methyl sites for hydroxylation is 1. The largest absolute Gasteiger partial charge is 0.496 e. The molecule has 0 aliphatic rings. The van der Waals surface area contributed by atoms with Crippen molar-refractivity contribution in [2.24, 2.45) is 0 Å². The van der Waals surface area contributed by atoms with Gasteiger partial charge in [0.05, 0.1) is 7.11 Å². The van der Waals surface area contributed by atoms with Gasteiger partial charge in [0.15, 0.2) is 0 Å². The van der Waals surface area contributed by atoms with E-state index in [0.29, 0.717) is 5.56 Å². The molecule has 0 radical (unpaired) electrons. The maximum Gasteiger partial charge on any atom is 0.126 e. The van der Waals surface area contributed by atoms with Crippen LogP contribution in [0.15, 0.2) is 40.9 Å². The molecule has 112 valence electrons. The first-order valence-electron chi connectivity index (χ1n) is 6.81. The molecule has 4 heteroatoms. The number of hydrogen-bond donors (Lipinski definition) is 1. The highest BCUT2D eigenvalue weighted by Gasteiger charge is 2.14. The Morgan fingerprint density at radius 3 is 2.62 bits per heavy atom. The van der Waals surface area contributed by atoms with Gasteiger partial charge in [0.2, 0.25) is 0 Å². The molecular weight excluding hydrogens is 333 g/mol. The Bertz CT molecular complexity index is 630. The molecular formula is C17H19BrFNO. The Morgan fingerprint density at radius 2 is 2.00 bits per heavy atom. The fourth-order valence-corrected chi connectivity index (χ4v) is 2.75. The summed E-state index contributed by atoms with van der Waals surface area (Å²) in [5.41, 5.74) is 2.67. The summed E-state index contributed by atoms with van der Waals surface area (Å²) in [5.74, 6) is 0.667. The molecule has 0 aromatic heterocycles. The third kappa shape index (κ3) is 3.83. The molecule has 21 heavy (non-hydrogen) atoms. The van der Waals surface area contributed by atoms with E-state index in [1.165, 1.54) is 0 Å². The van der Waals surface area contributed by atoms with Crippen LogP contribution in [0.4, 0.5) is 4.39 Å². The van der Waals surface area contributed by atoms with Crippen LogP contribution >= 0.6 is 15.9 Å². The van der Waals surface area contributed by atoms with Crippen LogP contribution in [0.25, 0.3) is 0 Å². The highest BCUT2D eigenvalue weighted by molar-refractivity contribution is 9.10. The molecule has 0 bridgehead atoms. The van der Waals surface area contributed by atoms with Gasteiger partial charge in [0, 0.05) is 10.5 Å². The standard InChI is InChI=1S/C17H19BrFNO/c1-11-4-5-12(9-15(11)19)16(20-2)10-13-8-14(18)6-7-17(13)21-3/h4-9,16,20H,10H2,1-3H3. The number of hydrogen-bond acceptors (Lipinski definition) is 2. The van der Waals surface area contributed by atoms with Crippen LogP contribution in [0.2, 0.25) is 0 Å². The van der Waals surface area contributed by atoms with Gasteiger partial charge in [0.25, 0.3) is 0 Å². The predicted octanol–water partition coefficient (Wildman–Crippen LogP) is 4.41. The highest BCUT2D eigenvalue weighted by atomic mass is 79.9. The Kier molecular flexibility index (Phi) is 5.37. The van der Waals surface area contributed by atoms with Crippen LogP contribution in [-0.4, -0.2) is 14.2 Å². The Hall–Kier alpha value is -1.39. The molecule has 2 aromatic carbocycles. The van der Waals surface area contributed by atoms with Crippen LogP contribution < -0.4 is 10.1 Å². The number of likely N-dealkylation sites (N-methyl/N-ethyl adjacent to an activating group) is 1. The van der Waals surface area contributed by atoms with Crippen LogP contribution in [0, 0.1) is 12.7 Å². The van der Waals surface area contributed by atoms with E-state index >= 15 is 0 Å². The zero-order chi connectivity index (χ0) is 15.4. The first-order chi connectivity index (χ1) is 10.0. The van der Waals surface area contributed by atoms with E-state index in [0.717, 1.165) is 27.8 Å². The number of methoxy groups -OCH3 is 1. The van der Waals surface area contributed by atoms with E-state index in [-0.39, 0.29) is 11.9 Å². The summed E-state index contributed by atoms with van der Waals surface area (Å²) in [4.78, 5) is 0. The fourth-order valence-electron chi connectivity index (χ4n) is 2.34. The van der Waals surface area contributed by atoms with E-state index in [2.05, 4.69) is 21.2 Å². The average Bonchev–Trinajstić information content (AvgIpc) is 2.48. The van der Waals surface area contributed by atoms with Gasteiger partial charge in [-0.2, -0.15) is 0 Å². The molecule has 0 spiro atoms. The van der Waals surface area contributed by atoms with E-state index in [1.54, 1.807) is 20.1 Å². The maximum absolute atomic E-state index is 13.8. The van der Waals surface area contributed by atoms with Crippen LogP contribution in [0.1, 0.15) is 22.7 Å². The molecule has 1 N–H and O–H groups in total. The summed E-state index contributed by atoms with van der Waals surface area (Å²) in [6.45, 7) is 1.77. The van der Waals surface area contributed by atoms with Gasteiger partial charge in [0.1, 0.15) is 11.6 Å². The molecule has 2 rings (SSSR count). The van der Waals surface area contributed by atoms with Gasteiger partial charge in [-0.1, -0.05) is 28.1 Å². The number of halogens is 2. The summed E-state index contributed by atoms with van der Waals surface area (Å²) in [6.07, 6.45) is 0.724. The monoisotopic (exact) mass is 351 g/mol. The molecule has 0 amide bonds. The third-order valence-electron chi connectivity index (χ3n) is 3.61. The summed E-state index contributed by atoms with van der Waals surface area (Å²) in [6, 6.07) is 11.3. The van der Waals surface area contributed by atoms with E-state index < -0.39 is 0 Å². The number of nitrogens with one attached hydrogen (secondary N) is 1. The molecule has 1 unspecified atom stereocenters. The lowest BCUT2D eigenvalue weighted by Crippen LogP contribution is -2.19. The summed E-state index contributed by atoms with van der Waals surface area (Å²) < 4.78 is 20.2. The zero-order valence-corrected chi connectivity index (χ0v) is 14.0. The van der Waals surface area contributed by atoms with E-state index in [9.17, 15) is 4.39 Å². The second-order valence-corrected chi connectivity index (χ2v) is 5.93. The van der Waals surface area contributed by atoms with Crippen LogP contribution in [-0.2, 0) is 6.42 Å². The Labute approximate surface area is 133 Å². The number of ether oxygens (including phenoxy) is 1. The SMILES string of the molecule is CNC(Cc1cc(Br)ccc1OC)c1ccc(C)c(F)c1. The molecule has 0 fully saturated rings. The number of rotatable bonds is 5. The normalized spacial score (nSPS) is 12.2. The van der Waals surface area contributed by atoms with Crippen molar-refractivity contribution >= 4 is 15.9 Å². The lowest BCUT2D eigenvalue weighted by atomic mass is 9.97. The third-order valence-corrected chi connectivity index (χ3v) is 4.11. The molecule has 0 aliphatic heterocycles. The minimum absolute atomic E-state index is 0.0308. The Morgan fingerprint density at radius 1 is 1.24 bits per heavy atom. The molecule has 0 heterocycles. The molecule has 0 aliphatic carbocycles. The van der Waals surface area contributed by atoms with Crippen molar-refractivity contribution in [1.82, 2.24) is 5.32 Å². The van der Waals surface area contributed by atoms with Crippen LogP contribution in [0.5, 0.6) is 5.75 Å². The second-order valence-electron chi connectivity index (χ2n) is 5.01. The molecule has 2 nitrogen and oxygen atoms in total. The minimum Gasteiger partial charge on any atom is -0.496 e. The van der Waals surface area contributed by atoms with Crippen molar-refractivity contribution < 1.29 is 9.13 Å². The van der Waals surface area contributed by atoms with Crippen molar-refractivity contribution in [3.63, 3.8) is 0 Å². The average molecular weight is 352 g/mol. The second kappa shape index (κ2) is 7.05. The van der Waals surface area contributed by atoms with Gasteiger partial charge in [-0.3, -0.25) is 0 Å². The fraction of sp³-hybridized carbons (Fsp3) is 0.294.